The number of nitrogens with zero attached hydrogens (tertiary/aromatic N) is 3. The van der Waals surface area contributed by atoms with Gasteiger partial charge in [-0.25, -0.2) is 4.98 Å². The van der Waals surface area contributed by atoms with Crippen LogP contribution in [-0.4, -0.2) is 40.3 Å². The van der Waals surface area contributed by atoms with Gasteiger partial charge in [0.2, 0.25) is 11.7 Å². The molecule has 0 radical (unpaired) electrons. The minimum atomic E-state index is -0.227. The number of aryl methyl sites for hydroxylation is 1. The third kappa shape index (κ3) is 3.93. The molecule has 152 valence electrons. The smallest absolute Gasteiger partial charge is 0.265 e. The Bertz CT molecular complexity index is 1100. The second kappa shape index (κ2) is 8.20. The average molecular weight is 404 g/mol. The topological polar surface area (TPSA) is 93.5 Å². The number of rotatable bonds is 6. The van der Waals surface area contributed by atoms with Crippen LogP contribution in [-0.2, 0) is 16.6 Å². The van der Waals surface area contributed by atoms with Crippen LogP contribution in [0.15, 0.2) is 60.9 Å². The van der Waals surface area contributed by atoms with Crippen molar-refractivity contribution in [3.8, 4) is 5.75 Å². The maximum absolute atomic E-state index is 12.5. The lowest BCUT2D eigenvalue weighted by Crippen LogP contribution is -2.40. The number of carbonyl (C=O) groups is 3. The largest absolute Gasteiger partial charge is 0.482 e. The number of hydrogen-bond acceptors (Lipinski definition) is 5. The lowest BCUT2D eigenvalue weighted by Gasteiger charge is -2.29. The van der Waals surface area contributed by atoms with Gasteiger partial charge >= 0.3 is 0 Å². The first kappa shape index (κ1) is 19.4. The second-order valence-corrected chi connectivity index (χ2v) is 6.87. The van der Waals surface area contributed by atoms with E-state index in [1.807, 2.05) is 12.1 Å². The number of carbonyl (C=O) groups excluding carboxylic acids is 3. The van der Waals surface area contributed by atoms with Crippen LogP contribution in [0.25, 0.3) is 0 Å². The Labute approximate surface area is 173 Å². The third-order valence-corrected chi connectivity index (χ3v) is 4.83. The molecule has 1 aromatic heterocycles. The number of aromatic nitrogens is 2. The van der Waals surface area contributed by atoms with Crippen molar-refractivity contribution in [2.45, 2.75) is 6.42 Å². The fourth-order valence-corrected chi connectivity index (χ4v) is 3.25. The van der Waals surface area contributed by atoms with Crippen LogP contribution in [0, 0.1) is 0 Å². The molecule has 3 aromatic rings. The molecule has 1 N–H and O–H groups in total. The van der Waals surface area contributed by atoms with E-state index in [2.05, 4.69) is 10.3 Å². The Balaban J connectivity index is 1.36. The summed E-state index contributed by atoms with van der Waals surface area (Å²) in [5, 5.41) is 2.79. The molecule has 2 heterocycles. The van der Waals surface area contributed by atoms with Gasteiger partial charge in [0.15, 0.2) is 12.4 Å². The number of para-hydroxylation sites is 2. The summed E-state index contributed by atoms with van der Waals surface area (Å²) in [5.41, 5.74) is 1.72. The third-order valence-electron chi connectivity index (χ3n) is 4.83. The number of nitrogens with one attached hydrogen (secondary N) is 1. The Morgan fingerprint density at radius 2 is 1.90 bits per heavy atom. The molecule has 0 saturated heterocycles. The standard InChI is InChI=1S/C22H20N4O4/c1-25-13-11-23-22(25)21(29)15-6-8-16(9-7-15)24-19(27)10-12-26-17-4-2-3-5-18(17)30-14-20(26)28/h2-9,11,13H,10,12,14H2,1H3,(H,24,27). The summed E-state index contributed by atoms with van der Waals surface area (Å²) < 4.78 is 7.06. The number of ketones is 1. The summed E-state index contributed by atoms with van der Waals surface area (Å²) >= 11 is 0. The fourth-order valence-electron chi connectivity index (χ4n) is 3.25. The first-order valence-corrected chi connectivity index (χ1v) is 9.47. The predicted octanol–water partition coefficient (Wildman–Crippen LogP) is 2.41. The zero-order valence-electron chi connectivity index (χ0n) is 16.4. The normalized spacial score (nSPS) is 12.8. The summed E-state index contributed by atoms with van der Waals surface area (Å²) in [7, 11) is 1.76. The number of anilines is 2. The van der Waals surface area contributed by atoms with E-state index in [9.17, 15) is 14.4 Å². The van der Waals surface area contributed by atoms with E-state index in [1.54, 1.807) is 65.3 Å². The molecule has 0 aliphatic carbocycles. The quantitative estimate of drug-likeness (QED) is 0.637. The Kier molecular flexibility index (Phi) is 5.30. The predicted molar refractivity (Wildman–Crippen MR) is 111 cm³/mol. The minimum absolute atomic E-state index is 0.0376. The summed E-state index contributed by atoms with van der Waals surface area (Å²) in [6.07, 6.45) is 3.41. The van der Waals surface area contributed by atoms with E-state index in [0.717, 1.165) is 0 Å². The first-order chi connectivity index (χ1) is 14.5. The van der Waals surface area contributed by atoms with Gasteiger partial charge in [-0.15, -0.1) is 0 Å². The van der Waals surface area contributed by atoms with Gasteiger partial charge in [0, 0.05) is 43.7 Å². The molecule has 8 nitrogen and oxygen atoms in total. The van der Waals surface area contributed by atoms with Gasteiger partial charge in [-0.3, -0.25) is 14.4 Å². The summed E-state index contributed by atoms with van der Waals surface area (Å²) in [5.74, 6) is 0.381. The van der Waals surface area contributed by atoms with Gasteiger partial charge in [-0.05, 0) is 36.4 Å². The van der Waals surface area contributed by atoms with Crippen LogP contribution in [0.5, 0.6) is 5.75 Å². The molecule has 2 amide bonds. The first-order valence-electron chi connectivity index (χ1n) is 9.47. The molecule has 1 aliphatic heterocycles. The van der Waals surface area contributed by atoms with Gasteiger partial charge in [0.05, 0.1) is 5.69 Å². The van der Waals surface area contributed by atoms with Crippen molar-refractivity contribution in [2.24, 2.45) is 7.05 Å². The summed E-state index contributed by atoms with van der Waals surface area (Å²) in [4.78, 5) is 42.6. The molecule has 4 rings (SSSR count). The minimum Gasteiger partial charge on any atom is -0.482 e. The maximum atomic E-state index is 12.5. The summed E-state index contributed by atoms with van der Waals surface area (Å²) in [6.45, 7) is 0.213. The van der Waals surface area contributed by atoms with Gasteiger partial charge in [-0.2, -0.15) is 0 Å². The van der Waals surface area contributed by atoms with Crippen LogP contribution >= 0.6 is 0 Å². The van der Waals surface area contributed by atoms with Crippen molar-refractivity contribution in [3.05, 3.63) is 72.3 Å². The number of imidazole rings is 1. The van der Waals surface area contributed by atoms with Crippen molar-refractivity contribution in [2.75, 3.05) is 23.4 Å². The van der Waals surface area contributed by atoms with Crippen LogP contribution in [0.3, 0.4) is 0 Å². The van der Waals surface area contributed by atoms with E-state index in [-0.39, 0.29) is 37.2 Å². The van der Waals surface area contributed by atoms with E-state index in [1.165, 1.54) is 0 Å². The van der Waals surface area contributed by atoms with E-state index >= 15 is 0 Å². The number of hydrogen-bond donors (Lipinski definition) is 1. The molecule has 0 unspecified atom stereocenters. The zero-order chi connectivity index (χ0) is 21.1. The van der Waals surface area contributed by atoms with Gasteiger partial charge in [0.25, 0.3) is 5.91 Å². The highest BCUT2D eigenvalue weighted by Gasteiger charge is 2.25. The highest BCUT2D eigenvalue weighted by atomic mass is 16.5. The number of ether oxygens (including phenoxy) is 1. The lowest BCUT2D eigenvalue weighted by molar-refractivity contribution is -0.121. The molecule has 0 atom stereocenters. The number of fused-ring (bicyclic) bond motifs is 1. The Hall–Kier alpha value is -3.94. The molecule has 0 spiro atoms. The SMILES string of the molecule is Cn1ccnc1C(=O)c1ccc(NC(=O)CCN2C(=O)COc3ccccc32)cc1. The molecule has 0 saturated carbocycles. The van der Waals surface area contributed by atoms with E-state index in [4.69, 9.17) is 4.74 Å². The molecule has 0 bridgehead atoms. The van der Waals surface area contributed by atoms with Crippen molar-refractivity contribution in [1.29, 1.82) is 0 Å². The van der Waals surface area contributed by atoms with Crippen LogP contribution in [0.4, 0.5) is 11.4 Å². The van der Waals surface area contributed by atoms with Crippen molar-refractivity contribution in [3.63, 3.8) is 0 Å². The van der Waals surface area contributed by atoms with Gasteiger partial charge < -0.3 is 19.5 Å². The molecular formula is C22H20N4O4. The maximum Gasteiger partial charge on any atom is 0.265 e. The summed E-state index contributed by atoms with van der Waals surface area (Å²) in [6, 6.07) is 13.9. The highest BCUT2D eigenvalue weighted by Crippen LogP contribution is 2.31. The molecular weight excluding hydrogens is 384 g/mol. The molecule has 30 heavy (non-hydrogen) atoms. The van der Waals surface area contributed by atoms with Crippen molar-refractivity contribution < 1.29 is 19.1 Å². The van der Waals surface area contributed by atoms with Gasteiger partial charge in [-0.1, -0.05) is 12.1 Å². The average Bonchev–Trinajstić information content (AvgIpc) is 3.19. The second-order valence-electron chi connectivity index (χ2n) is 6.87. The van der Waals surface area contributed by atoms with Gasteiger partial charge in [0.1, 0.15) is 5.75 Å². The van der Waals surface area contributed by atoms with Crippen LogP contribution in [0.1, 0.15) is 22.6 Å². The molecule has 2 aromatic carbocycles. The highest BCUT2D eigenvalue weighted by molar-refractivity contribution is 6.07. The number of amides is 2. The Morgan fingerprint density at radius 3 is 2.63 bits per heavy atom. The molecule has 1 aliphatic rings. The molecule has 0 fully saturated rings. The van der Waals surface area contributed by atoms with Crippen LogP contribution in [0.2, 0.25) is 0 Å². The van der Waals surface area contributed by atoms with Crippen molar-refractivity contribution >= 4 is 29.0 Å². The van der Waals surface area contributed by atoms with E-state index in [0.29, 0.717) is 28.5 Å². The monoisotopic (exact) mass is 404 g/mol. The zero-order valence-corrected chi connectivity index (χ0v) is 16.4. The lowest BCUT2D eigenvalue weighted by atomic mass is 10.1. The fraction of sp³-hybridized carbons (Fsp3) is 0.182. The number of benzene rings is 2. The molecule has 8 heteroatoms. The van der Waals surface area contributed by atoms with Crippen LogP contribution < -0.4 is 15.0 Å². The van der Waals surface area contributed by atoms with Crippen molar-refractivity contribution in [1.82, 2.24) is 9.55 Å². The van der Waals surface area contributed by atoms with E-state index < -0.39 is 0 Å². The Morgan fingerprint density at radius 1 is 1.13 bits per heavy atom.